The van der Waals surface area contributed by atoms with Crippen LogP contribution in [0, 0.1) is 5.82 Å². The molecule has 2 nitrogen and oxygen atoms in total. The van der Waals surface area contributed by atoms with Crippen molar-refractivity contribution in [2.45, 2.75) is 6.42 Å². The lowest BCUT2D eigenvalue weighted by Gasteiger charge is -2.19. The van der Waals surface area contributed by atoms with Crippen molar-refractivity contribution in [1.82, 2.24) is 0 Å². The molecule has 2 aromatic rings. The molecule has 2 rings (SSSR count). The molecule has 0 unspecified atom stereocenters. The van der Waals surface area contributed by atoms with Gasteiger partial charge in [-0.15, -0.1) is 0 Å². The molecule has 0 amide bonds. The molecular weight excluding hydrogens is 227 g/mol. The van der Waals surface area contributed by atoms with Crippen LogP contribution in [-0.2, 0) is 6.42 Å². The van der Waals surface area contributed by atoms with Crippen LogP contribution in [0.1, 0.15) is 5.56 Å². The molecule has 2 N–H and O–H groups in total. The molecular formula is C15H17FN2. The van der Waals surface area contributed by atoms with Crippen molar-refractivity contribution >= 4 is 11.4 Å². The standard InChI is InChI=1S/C15H17FN2/c1-18(15-7-5-13(16)6-8-15)10-9-12-3-2-4-14(17)11-12/h2-8,11H,9-10,17H2,1H3. The first-order valence-electron chi connectivity index (χ1n) is 5.96. The number of hydrogen-bond donors (Lipinski definition) is 1. The van der Waals surface area contributed by atoms with E-state index in [2.05, 4.69) is 11.0 Å². The maximum atomic E-state index is 12.8. The lowest BCUT2D eigenvalue weighted by atomic mass is 10.1. The maximum absolute atomic E-state index is 12.8. The summed E-state index contributed by atoms with van der Waals surface area (Å²) < 4.78 is 12.8. The lowest BCUT2D eigenvalue weighted by Crippen LogP contribution is -2.20. The van der Waals surface area contributed by atoms with Crippen LogP contribution in [0.25, 0.3) is 0 Å². The fourth-order valence-electron chi connectivity index (χ4n) is 1.87. The number of nitrogens with two attached hydrogens (primary N) is 1. The normalized spacial score (nSPS) is 10.3. The highest BCUT2D eigenvalue weighted by atomic mass is 19.1. The zero-order valence-corrected chi connectivity index (χ0v) is 10.4. The van der Waals surface area contributed by atoms with Gasteiger partial charge in [-0.1, -0.05) is 12.1 Å². The smallest absolute Gasteiger partial charge is 0.123 e. The Morgan fingerprint density at radius 2 is 1.83 bits per heavy atom. The monoisotopic (exact) mass is 244 g/mol. The second-order valence-electron chi connectivity index (χ2n) is 4.39. The fourth-order valence-corrected chi connectivity index (χ4v) is 1.87. The number of hydrogen-bond acceptors (Lipinski definition) is 2. The molecule has 0 fully saturated rings. The average Bonchev–Trinajstić information content (AvgIpc) is 2.37. The number of halogens is 1. The third-order valence-corrected chi connectivity index (χ3v) is 2.95. The molecule has 0 atom stereocenters. The summed E-state index contributed by atoms with van der Waals surface area (Å²) >= 11 is 0. The molecule has 18 heavy (non-hydrogen) atoms. The summed E-state index contributed by atoms with van der Waals surface area (Å²) in [5, 5.41) is 0. The second kappa shape index (κ2) is 5.54. The Bertz CT molecular complexity index is 508. The van der Waals surface area contributed by atoms with Crippen LogP contribution in [0.4, 0.5) is 15.8 Å². The summed E-state index contributed by atoms with van der Waals surface area (Å²) in [5.41, 5.74) is 8.75. The summed E-state index contributed by atoms with van der Waals surface area (Å²) in [4.78, 5) is 2.10. The van der Waals surface area contributed by atoms with Crippen molar-refractivity contribution in [3.63, 3.8) is 0 Å². The van der Waals surface area contributed by atoms with Crippen molar-refractivity contribution in [2.24, 2.45) is 0 Å². The molecule has 3 heteroatoms. The largest absolute Gasteiger partial charge is 0.399 e. The van der Waals surface area contributed by atoms with E-state index in [4.69, 9.17) is 5.73 Å². The highest BCUT2D eigenvalue weighted by Gasteiger charge is 2.02. The Hall–Kier alpha value is -2.03. The number of benzene rings is 2. The molecule has 0 aliphatic heterocycles. The van der Waals surface area contributed by atoms with Crippen LogP contribution < -0.4 is 10.6 Å². The molecule has 0 aliphatic carbocycles. The minimum atomic E-state index is -0.206. The minimum Gasteiger partial charge on any atom is -0.399 e. The van der Waals surface area contributed by atoms with Gasteiger partial charge < -0.3 is 10.6 Å². The highest BCUT2D eigenvalue weighted by molar-refractivity contribution is 5.46. The number of nitrogens with zero attached hydrogens (tertiary/aromatic N) is 1. The maximum Gasteiger partial charge on any atom is 0.123 e. The number of anilines is 2. The van der Waals surface area contributed by atoms with Gasteiger partial charge in [0.2, 0.25) is 0 Å². The van der Waals surface area contributed by atoms with Crippen LogP contribution in [0.2, 0.25) is 0 Å². The molecule has 0 spiro atoms. The SMILES string of the molecule is CN(CCc1cccc(N)c1)c1ccc(F)cc1. The van der Waals surface area contributed by atoms with Gasteiger partial charge in [0, 0.05) is 25.0 Å². The van der Waals surface area contributed by atoms with E-state index in [1.807, 2.05) is 25.2 Å². The first-order chi connectivity index (χ1) is 8.65. The van der Waals surface area contributed by atoms with Crippen LogP contribution >= 0.6 is 0 Å². The summed E-state index contributed by atoms with van der Waals surface area (Å²) in [6, 6.07) is 14.4. The van der Waals surface area contributed by atoms with Gasteiger partial charge in [0.25, 0.3) is 0 Å². The highest BCUT2D eigenvalue weighted by Crippen LogP contribution is 2.14. The summed E-state index contributed by atoms with van der Waals surface area (Å²) in [5.74, 6) is -0.206. The Labute approximate surface area is 107 Å². The van der Waals surface area contributed by atoms with E-state index in [9.17, 15) is 4.39 Å². The number of nitrogen functional groups attached to an aromatic ring is 1. The molecule has 0 bridgehead atoms. The molecule has 94 valence electrons. The van der Waals surface area contributed by atoms with Crippen LogP contribution in [0.15, 0.2) is 48.5 Å². The van der Waals surface area contributed by atoms with Gasteiger partial charge in [-0.25, -0.2) is 4.39 Å². The third kappa shape index (κ3) is 3.23. The molecule has 0 saturated heterocycles. The predicted molar refractivity (Wildman–Crippen MR) is 74.2 cm³/mol. The predicted octanol–water partition coefficient (Wildman–Crippen LogP) is 3.09. The zero-order chi connectivity index (χ0) is 13.0. The van der Waals surface area contributed by atoms with Gasteiger partial charge in [0.1, 0.15) is 5.82 Å². The van der Waals surface area contributed by atoms with Crippen molar-refractivity contribution in [1.29, 1.82) is 0 Å². The lowest BCUT2D eigenvalue weighted by molar-refractivity contribution is 0.627. The van der Waals surface area contributed by atoms with E-state index in [1.54, 1.807) is 12.1 Å². The summed E-state index contributed by atoms with van der Waals surface area (Å²) in [6.07, 6.45) is 0.916. The minimum absolute atomic E-state index is 0.206. The van der Waals surface area contributed by atoms with Gasteiger partial charge in [-0.3, -0.25) is 0 Å². The first kappa shape index (κ1) is 12.4. The third-order valence-electron chi connectivity index (χ3n) is 2.95. The van der Waals surface area contributed by atoms with Crippen molar-refractivity contribution in [3.05, 3.63) is 59.9 Å². The van der Waals surface area contributed by atoms with E-state index in [0.717, 1.165) is 24.3 Å². The summed E-state index contributed by atoms with van der Waals surface area (Å²) in [6.45, 7) is 0.870. The average molecular weight is 244 g/mol. The van der Waals surface area contributed by atoms with Gasteiger partial charge >= 0.3 is 0 Å². The van der Waals surface area contributed by atoms with Crippen LogP contribution in [0.3, 0.4) is 0 Å². The van der Waals surface area contributed by atoms with Gasteiger partial charge in [0.05, 0.1) is 0 Å². The zero-order valence-electron chi connectivity index (χ0n) is 10.4. The molecule has 0 aromatic heterocycles. The van der Waals surface area contributed by atoms with Crippen molar-refractivity contribution in [3.8, 4) is 0 Å². The second-order valence-corrected chi connectivity index (χ2v) is 4.39. The fraction of sp³-hybridized carbons (Fsp3) is 0.200. The number of likely N-dealkylation sites (N-methyl/N-ethyl adjacent to an activating group) is 1. The molecule has 0 saturated carbocycles. The molecule has 2 aromatic carbocycles. The Kier molecular flexibility index (Phi) is 3.82. The first-order valence-corrected chi connectivity index (χ1v) is 5.96. The van der Waals surface area contributed by atoms with E-state index < -0.39 is 0 Å². The van der Waals surface area contributed by atoms with Crippen LogP contribution in [0.5, 0.6) is 0 Å². The topological polar surface area (TPSA) is 29.3 Å². The molecule has 0 aliphatic rings. The van der Waals surface area contributed by atoms with Gasteiger partial charge in [-0.2, -0.15) is 0 Å². The van der Waals surface area contributed by atoms with Gasteiger partial charge in [-0.05, 0) is 48.4 Å². The van der Waals surface area contributed by atoms with E-state index in [-0.39, 0.29) is 5.82 Å². The Morgan fingerprint density at radius 3 is 2.50 bits per heavy atom. The molecule has 0 radical (unpaired) electrons. The molecule has 0 heterocycles. The van der Waals surface area contributed by atoms with E-state index >= 15 is 0 Å². The Balaban J connectivity index is 1.96. The van der Waals surface area contributed by atoms with Crippen molar-refractivity contribution in [2.75, 3.05) is 24.2 Å². The van der Waals surface area contributed by atoms with Crippen molar-refractivity contribution < 1.29 is 4.39 Å². The van der Waals surface area contributed by atoms with Gasteiger partial charge in [0.15, 0.2) is 0 Å². The van der Waals surface area contributed by atoms with Crippen LogP contribution in [-0.4, -0.2) is 13.6 Å². The Morgan fingerprint density at radius 1 is 1.11 bits per heavy atom. The number of rotatable bonds is 4. The van der Waals surface area contributed by atoms with E-state index in [1.165, 1.54) is 17.7 Å². The quantitative estimate of drug-likeness (QED) is 0.837. The summed E-state index contributed by atoms with van der Waals surface area (Å²) in [7, 11) is 2.00. The van der Waals surface area contributed by atoms with E-state index in [0.29, 0.717) is 0 Å².